The largest absolute Gasteiger partial charge is 0.383 e. The Morgan fingerprint density at radius 2 is 1.92 bits per heavy atom. The van der Waals surface area contributed by atoms with Crippen molar-refractivity contribution in [3.05, 3.63) is 65.7 Å². The summed E-state index contributed by atoms with van der Waals surface area (Å²) >= 11 is 0. The number of hydrogen-bond acceptors (Lipinski definition) is 3. The summed E-state index contributed by atoms with van der Waals surface area (Å²) in [5.41, 5.74) is 3.85. The molecule has 2 aromatic carbocycles. The monoisotopic (exact) mass is 338 g/mol. The number of nitrogens with one attached hydrogen (secondary N) is 1. The molecule has 0 aromatic heterocycles. The van der Waals surface area contributed by atoms with Crippen LogP contribution in [-0.4, -0.2) is 30.6 Å². The van der Waals surface area contributed by atoms with Gasteiger partial charge in [-0.15, -0.1) is 0 Å². The first kappa shape index (κ1) is 18.0. The zero-order valence-corrected chi connectivity index (χ0v) is 15.3. The topological polar surface area (TPSA) is 24.5 Å². The predicted octanol–water partition coefficient (Wildman–Crippen LogP) is 4.69. The van der Waals surface area contributed by atoms with Crippen LogP contribution in [0.2, 0.25) is 0 Å². The quantitative estimate of drug-likeness (QED) is 0.671. The van der Waals surface area contributed by atoms with Gasteiger partial charge in [-0.2, -0.15) is 0 Å². The lowest BCUT2D eigenvalue weighted by atomic mass is 10.1. The van der Waals surface area contributed by atoms with E-state index < -0.39 is 0 Å². The molecule has 0 aliphatic carbocycles. The lowest BCUT2D eigenvalue weighted by molar-refractivity contribution is 0.121. The molecule has 3 heteroatoms. The summed E-state index contributed by atoms with van der Waals surface area (Å²) in [5.74, 6) is 0. The third kappa shape index (κ3) is 5.58. The Hall–Kier alpha value is -1.84. The van der Waals surface area contributed by atoms with Crippen LogP contribution in [0.15, 0.2) is 54.6 Å². The maximum Gasteiger partial charge on any atom is 0.0717 e. The Balaban J connectivity index is 1.51. The van der Waals surface area contributed by atoms with Crippen molar-refractivity contribution in [2.24, 2.45) is 0 Å². The first-order valence-corrected chi connectivity index (χ1v) is 9.53. The molecule has 0 spiro atoms. The molecule has 0 bridgehead atoms. The third-order valence-electron chi connectivity index (χ3n) is 4.81. The maximum absolute atomic E-state index is 5.65. The van der Waals surface area contributed by atoms with Crippen molar-refractivity contribution in [2.75, 3.05) is 25.0 Å². The highest BCUT2D eigenvalue weighted by molar-refractivity contribution is 5.45. The van der Waals surface area contributed by atoms with Crippen molar-refractivity contribution < 1.29 is 4.74 Å². The number of anilines is 1. The summed E-state index contributed by atoms with van der Waals surface area (Å²) in [4.78, 5) is 2.61. The Bertz CT molecular complexity index is 629. The van der Waals surface area contributed by atoms with E-state index in [1.54, 1.807) is 0 Å². The van der Waals surface area contributed by atoms with Gasteiger partial charge in [0.15, 0.2) is 0 Å². The second kappa shape index (κ2) is 9.59. The van der Waals surface area contributed by atoms with Crippen molar-refractivity contribution in [1.82, 2.24) is 4.90 Å². The fourth-order valence-corrected chi connectivity index (χ4v) is 3.49. The van der Waals surface area contributed by atoms with Gasteiger partial charge in [-0.25, -0.2) is 0 Å². The van der Waals surface area contributed by atoms with E-state index in [1.807, 2.05) is 0 Å². The van der Waals surface area contributed by atoms with E-state index in [2.05, 4.69) is 71.7 Å². The van der Waals surface area contributed by atoms with E-state index in [1.165, 1.54) is 36.2 Å². The zero-order chi connectivity index (χ0) is 17.3. The van der Waals surface area contributed by atoms with Crippen molar-refractivity contribution in [1.29, 1.82) is 0 Å². The minimum atomic E-state index is 0.611. The lowest BCUT2D eigenvalue weighted by Crippen LogP contribution is -2.34. The Kier molecular flexibility index (Phi) is 6.89. The fraction of sp³-hybridized carbons (Fsp3) is 0.455. The number of benzene rings is 2. The first-order chi connectivity index (χ1) is 12.3. The van der Waals surface area contributed by atoms with Gasteiger partial charge in [0.1, 0.15) is 0 Å². The van der Waals surface area contributed by atoms with Crippen LogP contribution >= 0.6 is 0 Å². The summed E-state index contributed by atoms with van der Waals surface area (Å²) in [6, 6.07) is 20.0. The molecule has 1 atom stereocenters. The van der Waals surface area contributed by atoms with Crippen LogP contribution in [-0.2, 0) is 17.9 Å². The second-order valence-corrected chi connectivity index (χ2v) is 6.89. The smallest absolute Gasteiger partial charge is 0.0717 e. The van der Waals surface area contributed by atoms with Gasteiger partial charge in [-0.05, 0) is 49.1 Å². The lowest BCUT2D eigenvalue weighted by Gasteiger charge is -2.25. The van der Waals surface area contributed by atoms with Gasteiger partial charge < -0.3 is 10.1 Å². The van der Waals surface area contributed by atoms with Gasteiger partial charge in [0.05, 0.1) is 6.61 Å². The molecule has 1 saturated heterocycles. The molecule has 0 unspecified atom stereocenters. The Morgan fingerprint density at radius 3 is 2.76 bits per heavy atom. The van der Waals surface area contributed by atoms with Crippen LogP contribution < -0.4 is 5.32 Å². The van der Waals surface area contributed by atoms with E-state index in [0.29, 0.717) is 12.6 Å². The standard InChI is InChI=1S/C22H30N2O/c1-2-14-25-18-20-10-6-11-21(15-20)23-16-22-12-7-13-24(22)17-19-8-4-3-5-9-19/h3-6,8-11,15,22-23H,2,7,12-14,16-18H2,1H3/t22-/m0/s1. The van der Waals surface area contributed by atoms with Gasteiger partial charge in [-0.1, -0.05) is 49.4 Å². The molecule has 1 N–H and O–H groups in total. The SMILES string of the molecule is CCCOCc1cccc(NC[C@@H]2CCCN2Cc2ccccc2)c1. The van der Waals surface area contributed by atoms with E-state index in [-0.39, 0.29) is 0 Å². The highest BCUT2D eigenvalue weighted by Crippen LogP contribution is 2.21. The minimum Gasteiger partial charge on any atom is -0.383 e. The van der Waals surface area contributed by atoms with Gasteiger partial charge in [0.25, 0.3) is 0 Å². The summed E-state index contributed by atoms with van der Waals surface area (Å²) < 4.78 is 5.65. The van der Waals surface area contributed by atoms with Crippen LogP contribution in [0.3, 0.4) is 0 Å². The number of nitrogens with zero attached hydrogens (tertiary/aromatic N) is 1. The average Bonchev–Trinajstić information content (AvgIpc) is 3.08. The molecule has 134 valence electrons. The molecule has 1 aliphatic rings. The Morgan fingerprint density at radius 1 is 1.08 bits per heavy atom. The highest BCUT2D eigenvalue weighted by atomic mass is 16.5. The molecule has 25 heavy (non-hydrogen) atoms. The van der Waals surface area contributed by atoms with Gasteiger partial charge >= 0.3 is 0 Å². The molecule has 1 heterocycles. The van der Waals surface area contributed by atoms with Crippen molar-refractivity contribution in [3.8, 4) is 0 Å². The zero-order valence-electron chi connectivity index (χ0n) is 15.3. The van der Waals surface area contributed by atoms with E-state index >= 15 is 0 Å². The minimum absolute atomic E-state index is 0.611. The molecule has 1 fully saturated rings. The van der Waals surface area contributed by atoms with Crippen molar-refractivity contribution >= 4 is 5.69 Å². The molecule has 3 nitrogen and oxygen atoms in total. The predicted molar refractivity (Wildman–Crippen MR) is 105 cm³/mol. The molecule has 0 radical (unpaired) electrons. The van der Waals surface area contributed by atoms with Crippen LogP contribution in [0.25, 0.3) is 0 Å². The summed E-state index contributed by atoms with van der Waals surface area (Å²) in [6.07, 6.45) is 3.64. The molecular formula is C22H30N2O. The van der Waals surface area contributed by atoms with Gasteiger partial charge in [-0.3, -0.25) is 4.90 Å². The molecule has 0 amide bonds. The van der Waals surface area contributed by atoms with Crippen LogP contribution in [0, 0.1) is 0 Å². The van der Waals surface area contributed by atoms with Crippen LogP contribution in [0.4, 0.5) is 5.69 Å². The number of ether oxygens (including phenoxy) is 1. The van der Waals surface area contributed by atoms with Crippen LogP contribution in [0.1, 0.15) is 37.3 Å². The van der Waals surface area contributed by atoms with E-state index in [0.717, 1.165) is 26.1 Å². The fourth-order valence-electron chi connectivity index (χ4n) is 3.49. The summed E-state index contributed by atoms with van der Waals surface area (Å²) in [6.45, 7) is 6.93. The summed E-state index contributed by atoms with van der Waals surface area (Å²) in [7, 11) is 0. The van der Waals surface area contributed by atoms with E-state index in [9.17, 15) is 0 Å². The maximum atomic E-state index is 5.65. The average molecular weight is 338 g/mol. The van der Waals surface area contributed by atoms with Gasteiger partial charge in [0.2, 0.25) is 0 Å². The van der Waals surface area contributed by atoms with Crippen molar-refractivity contribution in [2.45, 2.75) is 45.4 Å². The molecular weight excluding hydrogens is 308 g/mol. The normalized spacial score (nSPS) is 17.7. The first-order valence-electron chi connectivity index (χ1n) is 9.53. The molecule has 2 aromatic rings. The Labute approximate surface area is 152 Å². The molecule has 0 saturated carbocycles. The molecule has 3 rings (SSSR count). The summed E-state index contributed by atoms with van der Waals surface area (Å²) in [5, 5.41) is 3.64. The number of hydrogen-bond donors (Lipinski definition) is 1. The third-order valence-corrected chi connectivity index (χ3v) is 4.81. The van der Waals surface area contributed by atoms with Crippen molar-refractivity contribution in [3.63, 3.8) is 0 Å². The van der Waals surface area contributed by atoms with Crippen LogP contribution in [0.5, 0.6) is 0 Å². The van der Waals surface area contributed by atoms with Gasteiger partial charge in [0, 0.05) is 31.4 Å². The number of rotatable bonds is 9. The number of likely N-dealkylation sites (tertiary alicyclic amines) is 1. The molecule has 1 aliphatic heterocycles. The highest BCUT2D eigenvalue weighted by Gasteiger charge is 2.24. The van der Waals surface area contributed by atoms with E-state index in [4.69, 9.17) is 4.74 Å². The second-order valence-electron chi connectivity index (χ2n) is 6.89.